The number of hydrogen-bond donors (Lipinski definition) is 3. The number of nitrogens with one attached hydrogen (secondary N) is 1. The topological polar surface area (TPSA) is 102 Å². The highest BCUT2D eigenvalue weighted by molar-refractivity contribution is 5.73. The van der Waals surface area contributed by atoms with Gasteiger partial charge in [-0.25, -0.2) is 4.79 Å². The summed E-state index contributed by atoms with van der Waals surface area (Å²) in [7, 11) is 0. The van der Waals surface area contributed by atoms with Crippen molar-refractivity contribution < 1.29 is 19.4 Å². The fraction of sp³-hybridized carbons (Fsp3) is 0.467. The maximum atomic E-state index is 11.9. The van der Waals surface area contributed by atoms with Gasteiger partial charge in [-0.1, -0.05) is 12.1 Å². The normalized spacial score (nSPS) is 14.1. The van der Waals surface area contributed by atoms with Crippen molar-refractivity contribution in [3.05, 3.63) is 29.8 Å². The van der Waals surface area contributed by atoms with Crippen LogP contribution in [0.2, 0.25) is 0 Å². The van der Waals surface area contributed by atoms with Crippen LogP contribution in [0.15, 0.2) is 24.3 Å². The molecule has 0 radical (unpaired) electrons. The predicted molar refractivity (Wildman–Crippen MR) is 79.8 cm³/mol. The number of aliphatic carboxylic acids is 1. The lowest BCUT2D eigenvalue weighted by Crippen LogP contribution is -2.47. The Balaban J connectivity index is 3.01. The Kier molecular flexibility index (Phi) is 4.83. The van der Waals surface area contributed by atoms with Crippen LogP contribution in [0.3, 0.4) is 0 Å². The minimum absolute atomic E-state index is 0.268. The van der Waals surface area contributed by atoms with Gasteiger partial charge in [-0.05, 0) is 45.4 Å². The molecule has 0 saturated heterocycles. The number of ether oxygens (including phenoxy) is 1. The zero-order chi connectivity index (χ0) is 16.3. The number of carbonyl (C=O) groups excluding carboxylic acids is 1. The molecule has 0 aliphatic heterocycles. The number of anilines is 1. The Morgan fingerprint density at radius 1 is 1.19 bits per heavy atom. The molecule has 1 aromatic carbocycles. The van der Waals surface area contributed by atoms with Crippen LogP contribution in [0.5, 0.6) is 0 Å². The average Bonchev–Trinajstić information content (AvgIpc) is 2.25. The Bertz CT molecular complexity index is 519. The Morgan fingerprint density at radius 3 is 2.14 bits per heavy atom. The summed E-state index contributed by atoms with van der Waals surface area (Å²) in [6.07, 6.45) is -0.932. The summed E-state index contributed by atoms with van der Waals surface area (Å²) in [6, 6.07) is 6.70. The van der Waals surface area contributed by atoms with Gasteiger partial charge < -0.3 is 20.9 Å². The van der Waals surface area contributed by atoms with Gasteiger partial charge in [0.25, 0.3) is 0 Å². The molecule has 1 unspecified atom stereocenters. The van der Waals surface area contributed by atoms with Crippen LogP contribution in [-0.2, 0) is 15.1 Å². The Hall–Kier alpha value is -2.24. The lowest BCUT2D eigenvalue weighted by molar-refractivity contribution is -0.138. The first-order chi connectivity index (χ1) is 9.52. The smallest absolute Gasteiger partial charge is 0.408 e. The quantitative estimate of drug-likeness (QED) is 0.740. The predicted octanol–water partition coefficient (Wildman–Crippen LogP) is 2.48. The van der Waals surface area contributed by atoms with Crippen LogP contribution in [0.25, 0.3) is 0 Å². The van der Waals surface area contributed by atoms with E-state index >= 15 is 0 Å². The van der Waals surface area contributed by atoms with Crippen molar-refractivity contribution in [2.45, 2.75) is 45.3 Å². The minimum Gasteiger partial charge on any atom is -0.481 e. The van der Waals surface area contributed by atoms with E-state index in [0.29, 0.717) is 11.3 Å². The molecule has 1 amide bonds. The number of rotatable bonds is 4. The highest BCUT2D eigenvalue weighted by Gasteiger charge is 2.33. The molecule has 21 heavy (non-hydrogen) atoms. The number of hydrogen-bond acceptors (Lipinski definition) is 4. The number of carboxylic acids is 1. The number of nitrogens with two attached hydrogens (primary N) is 1. The van der Waals surface area contributed by atoms with Crippen LogP contribution >= 0.6 is 0 Å². The highest BCUT2D eigenvalue weighted by Crippen LogP contribution is 2.26. The standard InChI is InChI=1S/C15H22N2O4/c1-14(2,3)21-13(20)17-15(4,9-12(18)19)10-5-7-11(16)8-6-10/h5-8H,9,16H2,1-4H3,(H,17,20)(H,18,19). The maximum absolute atomic E-state index is 11.9. The summed E-state index contributed by atoms with van der Waals surface area (Å²) in [6.45, 7) is 6.86. The van der Waals surface area contributed by atoms with Gasteiger partial charge in [0.2, 0.25) is 0 Å². The second-order valence-corrected chi connectivity index (χ2v) is 6.15. The van der Waals surface area contributed by atoms with Gasteiger partial charge in [-0.2, -0.15) is 0 Å². The molecule has 1 aromatic rings. The molecule has 0 spiro atoms. The first-order valence-corrected chi connectivity index (χ1v) is 6.61. The second kappa shape index (κ2) is 6.03. The van der Waals surface area contributed by atoms with E-state index in [1.54, 1.807) is 52.0 Å². The van der Waals surface area contributed by atoms with Gasteiger partial charge in [0.05, 0.1) is 12.0 Å². The molecule has 4 N–H and O–H groups in total. The molecule has 0 aromatic heterocycles. The number of benzene rings is 1. The maximum Gasteiger partial charge on any atom is 0.408 e. The van der Waals surface area contributed by atoms with Crippen molar-refractivity contribution in [2.24, 2.45) is 0 Å². The van der Waals surface area contributed by atoms with E-state index in [4.69, 9.17) is 15.6 Å². The van der Waals surface area contributed by atoms with Crippen molar-refractivity contribution in [1.82, 2.24) is 5.32 Å². The van der Waals surface area contributed by atoms with Gasteiger partial charge in [-0.3, -0.25) is 4.79 Å². The molecule has 6 nitrogen and oxygen atoms in total. The van der Waals surface area contributed by atoms with Gasteiger partial charge >= 0.3 is 12.1 Å². The number of carboxylic acid groups (broad SMARTS) is 1. The lowest BCUT2D eigenvalue weighted by atomic mass is 9.88. The van der Waals surface area contributed by atoms with E-state index in [9.17, 15) is 9.59 Å². The molecule has 1 atom stereocenters. The third-order valence-electron chi connectivity index (χ3n) is 2.83. The Labute approximate surface area is 124 Å². The summed E-state index contributed by atoms with van der Waals surface area (Å²) in [5.74, 6) is -1.02. The van der Waals surface area contributed by atoms with E-state index in [2.05, 4.69) is 5.32 Å². The summed E-state index contributed by atoms with van der Waals surface area (Å²) >= 11 is 0. The van der Waals surface area contributed by atoms with Crippen molar-refractivity contribution in [3.8, 4) is 0 Å². The molecule has 116 valence electrons. The number of carbonyl (C=O) groups is 2. The molecule has 0 heterocycles. The first-order valence-electron chi connectivity index (χ1n) is 6.61. The van der Waals surface area contributed by atoms with Gasteiger partial charge in [0.1, 0.15) is 5.60 Å². The SMILES string of the molecule is CC(C)(C)OC(=O)NC(C)(CC(=O)O)c1ccc(N)cc1. The molecular weight excluding hydrogens is 272 g/mol. The van der Waals surface area contributed by atoms with Crippen molar-refractivity contribution in [3.63, 3.8) is 0 Å². The number of alkyl carbamates (subject to hydrolysis) is 1. The van der Waals surface area contributed by atoms with Crippen LogP contribution < -0.4 is 11.1 Å². The Morgan fingerprint density at radius 2 is 1.71 bits per heavy atom. The van der Waals surface area contributed by atoms with E-state index < -0.39 is 23.2 Å². The summed E-state index contributed by atoms with van der Waals surface area (Å²) in [5.41, 5.74) is 5.10. The number of nitrogen functional groups attached to an aromatic ring is 1. The van der Waals surface area contributed by atoms with E-state index in [-0.39, 0.29) is 6.42 Å². The monoisotopic (exact) mass is 294 g/mol. The highest BCUT2D eigenvalue weighted by atomic mass is 16.6. The van der Waals surface area contributed by atoms with Crippen molar-refractivity contribution in [1.29, 1.82) is 0 Å². The summed E-state index contributed by atoms with van der Waals surface area (Å²) in [4.78, 5) is 23.1. The second-order valence-electron chi connectivity index (χ2n) is 6.15. The van der Waals surface area contributed by atoms with E-state index in [0.717, 1.165) is 0 Å². The third-order valence-corrected chi connectivity index (χ3v) is 2.83. The molecule has 1 rings (SSSR count). The fourth-order valence-electron chi connectivity index (χ4n) is 1.90. The summed E-state index contributed by atoms with van der Waals surface area (Å²) in [5, 5.41) is 11.7. The molecule has 0 aliphatic rings. The van der Waals surface area contributed by atoms with Gasteiger partial charge in [0, 0.05) is 5.69 Å². The molecular formula is C15H22N2O4. The molecule has 0 aliphatic carbocycles. The minimum atomic E-state index is -1.08. The van der Waals surface area contributed by atoms with Crippen LogP contribution in [0.4, 0.5) is 10.5 Å². The molecule has 0 fully saturated rings. The lowest BCUT2D eigenvalue weighted by Gasteiger charge is -2.31. The average molecular weight is 294 g/mol. The van der Waals surface area contributed by atoms with Gasteiger partial charge in [-0.15, -0.1) is 0 Å². The van der Waals surface area contributed by atoms with E-state index in [1.807, 2.05) is 0 Å². The largest absolute Gasteiger partial charge is 0.481 e. The van der Waals surface area contributed by atoms with Crippen molar-refractivity contribution >= 4 is 17.7 Å². The van der Waals surface area contributed by atoms with Crippen molar-refractivity contribution in [2.75, 3.05) is 5.73 Å². The van der Waals surface area contributed by atoms with Crippen LogP contribution in [0.1, 0.15) is 39.7 Å². The molecule has 6 heteroatoms. The third kappa shape index (κ3) is 5.33. The van der Waals surface area contributed by atoms with E-state index in [1.165, 1.54) is 0 Å². The zero-order valence-corrected chi connectivity index (χ0v) is 12.8. The summed E-state index contributed by atoms with van der Waals surface area (Å²) < 4.78 is 5.19. The van der Waals surface area contributed by atoms with Gasteiger partial charge in [0.15, 0.2) is 0 Å². The zero-order valence-electron chi connectivity index (χ0n) is 12.8. The van der Waals surface area contributed by atoms with Crippen LogP contribution in [-0.4, -0.2) is 22.8 Å². The first kappa shape index (κ1) is 16.8. The molecule has 0 bridgehead atoms. The fourth-order valence-corrected chi connectivity index (χ4v) is 1.90. The molecule has 0 saturated carbocycles. The number of amides is 1. The van der Waals surface area contributed by atoms with Crippen LogP contribution in [0, 0.1) is 0 Å².